The molecule has 2 aliphatic heterocycles. The van der Waals surface area contributed by atoms with Crippen LogP contribution in [0.15, 0.2) is 29.0 Å². The van der Waals surface area contributed by atoms with E-state index in [2.05, 4.69) is 10.3 Å². The molecule has 2 fully saturated rings. The highest BCUT2D eigenvalue weighted by Gasteiger charge is 2.45. The number of amides is 3. The summed E-state index contributed by atoms with van der Waals surface area (Å²) in [7, 11) is 0. The molecule has 1 unspecified atom stereocenters. The van der Waals surface area contributed by atoms with Crippen molar-refractivity contribution in [2.24, 2.45) is 0 Å². The Morgan fingerprint density at radius 2 is 1.80 bits per heavy atom. The Bertz CT molecular complexity index is 964. The lowest BCUT2D eigenvalue weighted by Gasteiger charge is -2.47. The first kappa shape index (κ1) is 20.2. The average Bonchev–Trinajstić information content (AvgIpc) is 3.16. The minimum atomic E-state index is -1.19. The van der Waals surface area contributed by atoms with Crippen LogP contribution in [0.2, 0.25) is 0 Å². The zero-order chi connectivity index (χ0) is 21.3. The molecule has 1 aromatic carbocycles. The normalized spacial score (nSPS) is 21.7. The number of ether oxygens (including phenoxy) is 2. The van der Waals surface area contributed by atoms with Crippen LogP contribution in [0.4, 0.5) is 19.3 Å². The maximum absolute atomic E-state index is 13.4. The number of hydrogen-bond donors (Lipinski definition) is 1. The number of urea groups is 1. The minimum Gasteiger partial charge on any atom is -0.438 e. The van der Waals surface area contributed by atoms with E-state index >= 15 is 0 Å². The van der Waals surface area contributed by atoms with Gasteiger partial charge in [0, 0.05) is 24.8 Å². The molecule has 1 atom stereocenters. The number of carbonyl (C=O) groups is 2. The first-order valence-corrected chi connectivity index (χ1v) is 9.35. The lowest BCUT2D eigenvalue weighted by Crippen LogP contribution is -2.64. The van der Waals surface area contributed by atoms with Gasteiger partial charge in [-0.15, -0.1) is 0 Å². The maximum atomic E-state index is 13.4. The van der Waals surface area contributed by atoms with Crippen molar-refractivity contribution >= 4 is 17.6 Å². The summed E-state index contributed by atoms with van der Waals surface area (Å²) < 4.78 is 43.3. The summed E-state index contributed by atoms with van der Waals surface area (Å²) in [5, 5.41) is 2.53. The first-order chi connectivity index (χ1) is 14.4. The summed E-state index contributed by atoms with van der Waals surface area (Å²) in [6.07, 6.45) is 1.21. The molecule has 2 aliphatic rings. The molecule has 0 bridgehead atoms. The molecule has 0 radical (unpaired) electrons. The van der Waals surface area contributed by atoms with E-state index in [4.69, 9.17) is 13.9 Å². The number of rotatable bonds is 2. The van der Waals surface area contributed by atoms with Crippen LogP contribution in [0.25, 0.3) is 0 Å². The van der Waals surface area contributed by atoms with Gasteiger partial charge in [-0.2, -0.15) is 0 Å². The fourth-order valence-electron chi connectivity index (χ4n) is 3.47. The monoisotopic (exact) mass is 422 g/mol. The van der Waals surface area contributed by atoms with Gasteiger partial charge in [-0.1, -0.05) is 0 Å². The summed E-state index contributed by atoms with van der Waals surface area (Å²) in [5.74, 6) is -3.43. The van der Waals surface area contributed by atoms with Crippen molar-refractivity contribution in [3.05, 3.63) is 47.7 Å². The highest BCUT2D eigenvalue weighted by atomic mass is 19.2. The third kappa shape index (κ3) is 3.98. The molecule has 3 amide bonds. The van der Waals surface area contributed by atoms with Gasteiger partial charge < -0.3 is 29.0 Å². The van der Waals surface area contributed by atoms with Crippen LogP contribution in [0.1, 0.15) is 16.2 Å². The highest BCUT2D eigenvalue weighted by molar-refractivity contribution is 5.92. The molecule has 160 valence electrons. The first-order valence-electron chi connectivity index (χ1n) is 9.35. The summed E-state index contributed by atoms with van der Waals surface area (Å²) in [6, 6.07) is 2.59. The second kappa shape index (κ2) is 8.00. The van der Waals surface area contributed by atoms with Crippen LogP contribution in [-0.4, -0.2) is 71.9 Å². The fraction of sp³-hybridized carbons (Fsp3) is 0.421. The van der Waals surface area contributed by atoms with E-state index in [-0.39, 0.29) is 50.2 Å². The molecular weight excluding hydrogens is 402 g/mol. The molecule has 1 N–H and O–H groups in total. The number of nitrogens with zero attached hydrogens (tertiary/aromatic N) is 3. The van der Waals surface area contributed by atoms with Crippen LogP contribution >= 0.6 is 0 Å². The van der Waals surface area contributed by atoms with E-state index in [0.29, 0.717) is 12.2 Å². The number of carbonyl (C=O) groups excluding carboxylic acids is 2. The van der Waals surface area contributed by atoms with E-state index in [9.17, 15) is 18.4 Å². The predicted molar refractivity (Wildman–Crippen MR) is 98.7 cm³/mol. The molecule has 0 saturated carbocycles. The summed E-state index contributed by atoms with van der Waals surface area (Å²) in [6.45, 7) is 2.85. The summed E-state index contributed by atoms with van der Waals surface area (Å²) >= 11 is 0. The number of halogens is 2. The van der Waals surface area contributed by atoms with E-state index in [0.717, 1.165) is 12.1 Å². The SMILES string of the molecule is Cc1ncoc1C(=O)N1CCOC2(CN(C(=O)Nc3ccc(F)c(F)c3)CCO2)C1. The van der Waals surface area contributed by atoms with Gasteiger partial charge in [-0.25, -0.2) is 18.6 Å². The molecule has 4 rings (SSSR count). The zero-order valence-corrected chi connectivity index (χ0v) is 16.2. The number of anilines is 1. The van der Waals surface area contributed by atoms with Crippen LogP contribution < -0.4 is 5.32 Å². The van der Waals surface area contributed by atoms with Crippen molar-refractivity contribution in [1.82, 2.24) is 14.8 Å². The van der Waals surface area contributed by atoms with Gasteiger partial charge in [0.2, 0.25) is 11.5 Å². The number of aromatic nitrogens is 1. The van der Waals surface area contributed by atoms with Gasteiger partial charge in [0.25, 0.3) is 5.91 Å². The Balaban J connectivity index is 1.44. The topological polar surface area (TPSA) is 97.1 Å². The van der Waals surface area contributed by atoms with Gasteiger partial charge >= 0.3 is 6.03 Å². The van der Waals surface area contributed by atoms with Crippen molar-refractivity contribution in [3.63, 3.8) is 0 Å². The van der Waals surface area contributed by atoms with E-state index in [1.165, 1.54) is 22.3 Å². The Morgan fingerprint density at radius 1 is 1.10 bits per heavy atom. The molecule has 11 heteroatoms. The predicted octanol–water partition coefficient (Wildman–Crippen LogP) is 1.99. The smallest absolute Gasteiger partial charge is 0.322 e. The van der Waals surface area contributed by atoms with Gasteiger partial charge in [-0.3, -0.25) is 4.79 Å². The van der Waals surface area contributed by atoms with E-state index in [1.54, 1.807) is 6.92 Å². The van der Waals surface area contributed by atoms with E-state index < -0.39 is 23.5 Å². The van der Waals surface area contributed by atoms with Crippen molar-refractivity contribution in [2.75, 3.05) is 44.7 Å². The average molecular weight is 422 g/mol. The lowest BCUT2D eigenvalue weighted by molar-refractivity contribution is -0.281. The fourth-order valence-corrected chi connectivity index (χ4v) is 3.47. The van der Waals surface area contributed by atoms with Crippen molar-refractivity contribution in [1.29, 1.82) is 0 Å². The molecule has 2 aromatic rings. The summed E-state index contributed by atoms with van der Waals surface area (Å²) in [5.41, 5.74) is 0.610. The van der Waals surface area contributed by atoms with Gasteiger partial charge in [0.15, 0.2) is 18.0 Å². The third-order valence-electron chi connectivity index (χ3n) is 5.00. The van der Waals surface area contributed by atoms with Crippen LogP contribution in [-0.2, 0) is 9.47 Å². The van der Waals surface area contributed by atoms with Crippen LogP contribution in [0.5, 0.6) is 0 Å². The lowest BCUT2D eigenvalue weighted by atomic mass is 10.1. The van der Waals surface area contributed by atoms with Gasteiger partial charge in [0.05, 0.1) is 32.0 Å². The Kier molecular flexibility index (Phi) is 5.39. The molecule has 1 aromatic heterocycles. The largest absolute Gasteiger partial charge is 0.438 e. The van der Waals surface area contributed by atoms with Crippen molar-refractivity contribution in [2.45, 2.75) is 12.7 Å². The van der Waals surface area contributed by atoms with Gasteiger partial charge in [0.1, 0.15) is 0 Å². The number of oxazole rings is 1. The van der Waals surface area contributed by atoms with Crippen molar-refractivity contribution in [3.8, 4) is 0 Å². The Hall–Kier alpha value is -3.05. The zero-order valence-electron chi connectivity index (χ0n) is 16.2. The maximum Gasteiger partial charge on any atom is 0.322 e. The number of nitrogens with one attached hydrogen (secondary N) is 1. The molecule has 30 heavy (non-hydrogen) atoms. The number of morpholine rings is 2. The number of benzene rings is 1. The molecule has 9 nitrogen and oxygen atoms in total. The van der Waals surface area contributed by atoms with Gasteiger partial charge in [-0.05, 0) is 19.1 Å². The second-order valence-corrected chi connectivity index (χ2v) is 7.08. The van der Waals surface area contributed by atoms with Crippen LogP contribution in [0.3, 0.4) is 0 Å². The Labute approximate surface area is 170 Å². The quantitative estimate of drug-likeness (QED) is 0.795. The molecule has 0 aliphatic carbocycles. The summed E-state index contributed by atoms with van der Waals surface area (Å²) in [4.78, 5) is 32.3. The molecule has 2 saturated heterocycles. The second-order valence-electron chi connectivity index (χ2n) is 7.08. The molecule has 3 heterocycles. The third-order valence-corrected chi connectivity index (χ3v) is 5.00. The molecule has 1 spiro atoms. The van der Waals surface area contributed by atoms with Crippen LogP contribution in [0, 0.1) is 18.6 Å². The number of hydrogen-bond acceptors (Lipinski definition) is 6. The standard InChI is InChI=1S/C19H20F2N4O5/c1-12-16(28-11-22-12)17(26)24-4-6-29-19(9-24)10-25(5-7-30-19)18(27)23-13-2-3-14(20)15(21)8-13/h2-3,8,11H,4-7,9-10H2,1H3,(H,23,27). The highest BCUT2D eigenvalue weighted by Crippen LogP contribution is 2.26. The molecular formula is C19H20F2N4O5. The van der Waals surface area contributed by atoms with Crippen molar-refractivity contribution < 1.29 is 32.3 Å². The van der Waals surface area contributed by atoms with E-state index in [1.807, 2.05) is 0 Å². The Morgan fingerprint density at radius 3 is 2.47 bits per heavy atom. The number of aryl methyl sites for hydroxylation is 1. The minimum absolute atomic E-state index is 0.0572.